The van der Waals surface area contributed by atoms with Crippen LogP contribution in [0.2, 0.25) is 0 Å². The van der Waals surface area contributed by atoms with E-state index >= 15 is 0 Å². The molecule has 2 aromatic rings. The topological polar surface area (TPSA) is 81.5 Å². The Morgan fingerprint density at radius 3 is 2.92 bits per heavy atom. The molecule has 2 aromatic carbocycles. The fourth-order valence-corrected chi connectivity index (χ4v) is 3.18. The Hall–Kier alpha value is -2.89. The summed E-state index contributed by atoms with van der Waals surface area (Å²) in [6.45, 7) is 1.52. The van der Waals surface area contributed by atoms with E-state index in [2.05, 4.69) is 11.4 Å². The lowest BCUT2D eigenvalue weighted by atomic mass is 9.88. The van der Waals surface area contributed by atoms with E-state index in [4.69, 9.17) is 4.74 Å². The molecular weight excluding hydrogens is 320 g/mol. The lowest BCUT2D eigenvalue weighted by molar-refractivity contribution is -0.385. The highest BCUT2D eigenvalue weighted by molar-refractivity contribution is 5.78. The minimum Gasteiger partial charge on any atom is -0.477 e. The van der Waals surface area contributed by atoms with Gasteiger partial charge in [0.2, 0.25) is 0 Å². The number of carbonyl (C=O) groups excluding carboxylic acids is 1. The number of nitrogens with one attached hydrogen (secondary N) is 1. The van der Waals surface area contributed by atoms with Crippen molar-refractivity contribution in [1.29, 1.82) is 0 Å². The van der Waals surface area contributed by atoms with Gasteiger partial charge >= 0.3 is 5.69 Å². The number of fused-ring (bicyclic) bond motifs is 1. The maximum atomic E-state index is 12.2. The lowest BCUT2D eigenvalue weighted by Gasteiger charge is -2.26. The predicted octanol–water partition coefficient (Wildman–Crippen LogP) is 3.48. The molecule has 0 spiro atoms. The molecule has 0 unspecified atom stereocenters. The number of benzene rings is 2. The van der Waals surface area contributed by atoms with Crippen LogP contribution in [0.5, 0.6) is 5.75 Å². The molecule has 0 bridgehead atoms. The third kappa shape index (κ3) is 3.96. The molecule has 1 aliphatic carbocycles. The summed E-state index contributed by atoms with van der Waals surface area (Å²) in [4.78, 5) is 22.8. The zero-order valence-electron chi connectivity index (χ0n) is 14.0. The molecule has 6 nitrogen and oxygen atoms in total. The Morgan fingerprint density at radius 2 is 2.12 bits per heavy atom. The van der Waals surface area contributed by atoms with E-state index in [-0.39, 0.29) is 30.0 Å². The molecule has 0 saturated heterocycles. The summed E-state index contributed by atoms with van der Waals surface area (Å²) in [5.74, 6) is -0.175. The van der Waals surface area contributed by atoms with Gasteiger partial charge < -0.3 is 10.1 Å². The van der Waals surface area contributed by atoms with Crippen LogP contribution in [0.1, 0.15) is 35.6 Å². The monoisotopic (exact) mass is 340 g/mol. The minimum atomic E-state index is -0.502. The van der Waals surface area contributed by atoms with Crippen LogP contribution in [0.3, 0.4) is 0 Å². The van der Waals surface area contributed by atoms with Crippen LogP contribution >= 0.6 is 0 Å². The molecule has 0 aliphatic heterocycles. The molecule has 6 heteroatoms. The highest BCUT2D eigenvalue weighted by Crippen LogP contribution is 2.30. The van der Waals surface area contributed by atoms with Gasteiger partial charge in [-0.05, 0) is 48.9 Å². The quantitative estimate of drug-likeness (QED) is 0.667. The molecule has 25 heavy (non-hydrogen) atoms. The summed E-state index contributed by atoms with van der Waals surface area (Å²) in [5.41, 5.74) is 3.04. The number of nitro benzene ring substituents is 1. The first-order chi connectivity index (χ1) is 12.0. The second-order valence-corrected chi connectivity index (χ2v) is 6.23. The van der Waals surface area contributed by atoms with Crippen LogP contribution < -0.4 is 10.1 Å². The zero-order valence-corrected chi connectivity index (χ0v) is 14.0. The van der Waals surface area contributed by atoms with E-state index < -0.39 is 4.92 Å². The van der Waals surface area contributed by atoms with E-state index in [1.54, 1.807) is 13.0 Å². The van der Waals surface area contributed by atoms with Crippen molar-refractivity contribution in [3.8, 4) is 5.75 Å². The summed E-state index contributed by atoms with van der Waals surface area (Å²) < 4.78 is 5.39. The van der Waals surface area contributed by atoms with Crippen molar-refractivity contribution in [2.45, 2.75) is 32.2 Å². The summed E-state index contributed by atoms with van der Waals surface area (Å²) >= 11 is 0. The average Bonchev–Trinajstić information content (AvgIpc) is 2.61. The summed E-state index contributed by atoms with van der Waals surface area (Å²) in [5, 5.41) is 14.1. The van der Waals surface area contributed by atoms with Crippen LogP contribution in [0, 0.1) is 17.0 Å². The Bertz CT molecular complexity index is 804. The van der Waals surface area contributed by atoms with Gasteiger partial charge in [-0.3, -0.25) is 14.9 Å². The highest BCUT2D eigenvalue weighted by Gasteiger charge is 2.22. The first kappa shape index (κ1) is 17.0. The van der Waals surface area contributed by atoms with Crippen molar-refractivity contribution < 1.29 is 14.5 Å². The molecule has 1 amide bonds. The van der Waals surface area contributed by atoms with Gasteiger partial charge in [-0.25, -0.2) is 0 Å². The molecule has 0 aromatic heterocycles. The van der Waals surface area contributed by atoms with E-state index in [1.165, 1.54) is 17.7 Å². The van der Waals surface area contributed by atoms with Crippen LogP contribution in [0.4, 0.5) is 5.69 Å². The Balaban J connectivity index is 1.64. The fourth-order valence-electron chi connectivity index (χ4n) is 3.18. The van der Waals surface area contributed by atoms with Crippen molar-refractivity contribution in [2.24, 2.45) is 0 Å². The van der Waals surface area contributed by atoms with Gasteiger partial charge in [-0.2, -0.15) is 0 Å². The lowest BCUT2D eigenvalue weighted by Crippen LogP contribution is -2.34. The number of hydrogen-bond acceptors (Lipinski definition) is 4. The summed E-state index contributed by atoms with van der Waals surface area (Å²) in [7, 11) is 0. The third-order valence-corrected chi connectivity index (χ3v) is 4.37. The Morgan fingerprint density at radius 1 is 1.32 bits per heavy atom. The van der Waals surface area contributed by atoms with Crippen LogP contribution in [0.25, 0.3) is 0 Å². The van der Waals surface area contributed by atoms with Gasteiger partial charge in [0.25, 0.3) is 5.91 Å². The number of amides is 1. The maximum absolute atomic E-state index is 12.2. The van der Waals surface area contributed by atoms with Crippen molar-refractivity contribution in [1.82, 2.24) is 5.32 Å². The molecule has 3 rings (SSSR count). The fraction of sp³-hybridized carbons (Fsp3) is 0.316. The SMILES string of the molecule is Cc1ccc(OCC(=O)N[C@@H]2CCCc3ccccc32)c([N+](=O)[O-])c1. The molecule has 130 valence electrons. The normalized spacial score (nSPS) is 16.0. The molecule has 0 heterocycles. The minimum absolute atomic E-state index is 0.0333. The van der Waals surface area contributed by atoms with Crippen LogP contribution in [0.15, 0.2) is 42.5 Å². The van der Waals surface area contributed by atoms with Gasteiger partial charge in [0.15, 0.2) is 12.4 Å². The van der Waals surface area contributed by atoms with E-state index in [9.17, 15) is 14.9 Å². The smallest absolute Gasteiger partial charge is 0.311 e. The van der Waals surface area contributed by atoms with Gasteiger partial charge in [0, 0.05) is 6.07 Å². The van der Waals surface area contributed by atoms with E-state index in [0.717, 1.165) is 30.4 Å². The van der Waals surface area contributed by atoms with Gasteiger partial charge in [0.05, 0.1) is 11.0 Å². The van der Waals surface area contributed by atoms with Crippen molar-refractivity contribution in [3.05, 3.63) is 69.3 Å². The number of nitro groups is 1. The summed E-state index contributed by atoms with van der Waals surface area (Å²) in [6, 6.07) is 12.7. The first-order valence-corrected chi connectivity index (χ1v) is 8.29. The van der Waals surface area contributed by atoms with Crippen molar-refractivity contribution in [2.75, 3.05) is 6.61 Å². The number of rotatable bonds is 5. The Labute approximate surface area is 146 Å². The number of nitrogens with zero attached hydrogens (tertiary/aromatic N) is 1. The molecule has 0 saturated carbocycles. The predicted molar refractivity (Wildman–Crippen MR) is 93.6 cm³/mol. The largest absolute Gasteiger partial charge is 0.477 e. The maximum Gasteiger partial charge on any atom is 0.311 e. The molecule has 1 atom stereocenters. The van der Waals surface area contributed by atoms with Gasteiger partial charge in [0.1, 0.15) is 0 Å². The van der Waals surface area contributed by atoms with Gasteiger partial charge in [-0.1, -0.05) is 30.3 Å². The zero-order chi connectivity index (χ0) is 17.8. The Kier molecular flexibility index (Phi) is 4.97. The molecule has 1 aliphatic rings. The van der Waals surface area contributed by atoms with E-state index in [0.29, 0.717) is 0 Å². The van der Waals surface area contributed by atoms with E-state index in [1.807, 2.05) is 18.2 Å². The molecule has 0 fully saturated rings. The van der Waals surface area contributed by atoms with Crippen LogP contribution in [-0.2, 0) is 11.2 Å². The number of ether oxygens (including phenoxy) is 1. The number of carbonyl (C=O) groups is 1. The second-order valence-electron chi connectivity index (χ2n) is 6.23. The van der Waals surface area contributed by atoms with Gasteiger partial charge in [-0.15, -0.1) is 0 Å². The highest BCUT2D eigenvalue weighted by atomic mass is 16.6. The molecule has 1 N–H and O–H groups in total. The standard InChI is InChI=1S/C19H20N2O4/c1-13-9-10-18(17(11-13)21(23)24)25-12-19(22)20-16-8-4-6-14-5-2-3-7-15(14)16/h2-3,5,7,9-11,16H,4,6,8,12H2,1H3,(H,20,22)/t16-/m1/s1. The van der Waals surface area contributed by atoms with Crippen LogP contribution in [-0.4, -0.2) is 17.4 Å². The molecular formula is C19H20N2O4. The summed E-state index contributed by atoms with van der Waals surface area (Å²) in [6.07, 6.45) is 2.92. The van der Waals surface area contributed by atoms with Crippen molar-refractivity contribution in [3.63, 3.8) is 0 Å². The number of aryl methyl sites for hydroxylation is 2. The average molecular weight is 340 g/mol. The first-order valence-electron chi connectivity index (χ1n) is 8.29. The van der Waals surface area contributed by atoms with Crippen molar-refractivity contribution >= 4 is 11.6 Å². The number of hydrogen-bond donors (Lipinski definition) is 1. The third-order valence-electron chi connectivity index (χ3n) is 4.37. The molecule has 0 radical (unpaired) electrons. The second kappa shape index (κ2) is 7.34.